The van der Waals surface area contributed by atoms with Gasteiger partial charge in [-0.1, -0.05) is 30.8 Å². The zero-order valence-corrected chi connectivity index (χ0v) is 15.5. The van der Waals surface area contributed by atoms with Crippen LogP contribution in [0.1, 0.15) is 21.5 Å². The Hall–Kier alpha value is -3.81. The van der Waals surface area contributed by atoms with Gasteiger partial charge in [-0.3, -0.25) is 14.4 Å². The monoisotopic (exact) mass is 383 g/mol. The standard InChI is InChI=1S/C20H21N3O5/c1-11-6-4-5-7-13(11)12(2)8-14-15(9-21)23(3)20(28)17(18(14)26)19(27)22-10-16(24)25/h4-9,26H,2,10,21H2,1,3H3,(H,22,27)(H,24,25)/b14-8+,15-9+. The van der Waals surface area contributed by atoms with Crippen molar-refractivity contribution in [1.82, 2.24) is 9.88 Å². The van der Waals surface area contributed by atoms with E-state index in [9.17, 15) is 19.5 Å². The fourth-order valence-corrected chi connectivity index (χ4v) is 2.79. The van der Waals surface area contributed by atoms with E-state index in [0.29, 0.717) is 5.57 Å². The summed E-state index contributed by atoms with van der Waals surface area (Å²) in [6, 6.07) is 7.46. The van der Waals surface area contributed by atoms with Crippen LogP contribution in [-0.2, 0) is 11.8 Å². The van der Waals surface area contributed by atoms with Crippen molar-refractivity contribution in [1.29, 1.82) is 0 Å². The molecule has 8 heteroatoms. The summed E-state index contributed by atoms with van der Waals surface area (Å²) in [5.74, 6) is -2.88. The van der Waals surface area contributed by atoms with Crippen LogP contribution in [0.4, 0.5) is 0 Å². The van der Waals surface area contributed by atoms with Gasteiger partial charge in [0, 0.05) is 18.5 Å². The summed E-state index contributed by atoms with van der Waals surface area (Å²) in [5.41, 5.74) is 6.55. The summed E-state index contributed by atoms with van der Waals surface area (Å²) in [6.45, 7) is 5.20. The normalized spacial score (nSPS) is 12.1. The molecule has 146 valence electrons. The van der Waals surface area contributed by atoms with Crippen LogP contribution in [-0.4, -0.2) is 33.2 Å². The third kappa shape index (κ3) is 3.96. The Morgan fingerprint density at radius 1 is 1.32 bits per heavy atom. The highest BCUT2D eigenvalue weighted by molar-refractivity contribution is 5.98. The predicted octanol–water partition coefficient (Wildman–Crippen LogP) is -0.596. The molecule has 0 saturated heterocycles. The van der Waals surface area contributed by atoms with Crippen LogP contribution in [0.25, 0.3) is 17.8 Å². The first-order valence-corrected chi connectivity index (χ1v) is 8.29. The number of carbonyl (C=O) groups is 2. The third-order valence-corrected chi connectivity index (χ3v) is 4.24. The molecule has 8 nitrogen and oxygen atoms in total. The number of aliphatic carboxylic acids is 1. The van der Waals surface area contributed by atoms with E-state index in [2.05, 4.69) is 11.9 Å². The van der Waals surface area contributed by atoms with Crippen molar-refractivity contribution in [3.63, 3.8) is 0 Å². The zero-order valence-electron chi connectivity index (χ0n) is 15.5. The summed E-state index contributed by atoms with van der Waals surface area (Å²) >= 11 is 0. The first-order chi connectivity index (χ1) is 13.2. The van der Waals surface area contributed by atoms with Crippen LogP contribution in [0.5, 0.6) is 5.75 Å². The van der Waals surface area contributed by atoms with Crippen LogP contribution in [0.2, 0.25) is 0 Å². The Morgan fingerprint density at radius 2 is 1.96 bits per heavy atom. The van der Waals surface area contributed by atoms with Gasteiger partial charge in [0.25, 0.3) is 11.5 Å². The summed E-state index contributed by atoms with van der Waals surface area (Å²) < 4.78 is 1.10. The second-order valence-electron chi connectivity index (χ2n) is 6.11. The lowest BCUT2D eigenvalue weighted by Gasteiger charge is -2.10. The Bertz CT molecular complexity index is 1150. The van der Waals surface area contributed by atoms with Gasteiger partial charge in [-0.15, -0.1) is 0 Å². The number of pyridine rings is 1. The average molecular weight is 383 g/mol. The molecule has 0 aliphatic heterocycles. The number of carbonyl (C=O) groups excluding carboxylic acids is 1. The molecule has 0 aliphatic carbocycles. The van der Waals surface area contributed by atoms with Crippen LogP contribution < -0.4 is 27.2 Å². The van der Waals surface area contributed by atoms with Gasteiger partial charge in [0.05, 0.1) is 5.35 Å². The number of nitrogens with one attached hydrogen (secondary N) is 1. The van der Waals surface area contributed by atoms with E-state index in [1.807, 2.05) is 31.2 Å². The third-order valence-electron chi connectivity index (χ3n) is 4.24. The lowest BCUT2D eigenvalue weighted by Crippen LogP contribution is -2.47. The highest BCUT2D eigenvalue weighted by Crippen LogP contribution is 2.18. The van der Waals surface area contributed by atoms with Crippen molar-refractivity contribution in [3.8, 4) is 5.75 Å². The van der Waals surface area contributed by atoms with Gasteiger partial charge >= 0.3 is 5.97 Å². The van der Waals surface area contributed by atoms with E-state index < -0.39 is 35.3 Å². The van der Waals surface area contributed by atoms with Gasteiger partial charge in [0.2, 0.25) is 0 Å². The van der Waals surface area contributed by atoms with Gasteiger partial charge in [0.1, 0.15) is 17.9 Å². The van der Waals surface area contributed by atoms with Crippen molar-refractivity contribution in [2.75, 3.05) is 6.54 Å². The van der Waals surface area contributed by atoms with Crippen LogP contribution >= 0.6 is 0 Å². The minimum Gasteiger partial charge on any atom is -0.506 e. The topological polar surface area (TPSA) is 135 Å². The highest BCUT2D eigenvalue weighted by atomic mass is 16.4. The van der Waals surface area contributed by atoms with Crippen molar-refractivity contribution in [2.45, 2.75) is 6.92 Å². The Morgan fingerprint density at radius 3 is 2.54 bits per heavy atom. The number of aromatic nitrogens is 1. The minimum absolute atomic E-state index is 0.123. The average Bonchev–Trinajstić information content (AvgIpc) is 2.65. The SMILES string of the molecule is C=C(/C=c1/c(O)c(C(=O)NCC(=O)O)c(=O)n(C)/c1=C/N)c1ccccc1C. The first kappa shape index (κ1) is 20.5. The minimum atomic E-state index is -1.28. The maximum absolute atomic E-state index is 12.5. The van der Waals surface area contributed by atoms with E-state index in [0.717, 1.165) is 21.9 Å². The van der Waals surface area contributed by atoms with Crippen LogP contribution in [0, 0.1) is 6.92 Å². The van der Waals surface area contributed by atoms with Gasteiger partial charge in [-0.2, -0.15) is 0 Å². The number of hydrogen-bond donors (Lipinski definition) is 4. The highest BCUT2D eigenvalue weighted by Gasteiger charge is 2.20. The van der Waals surface area contributed by atoms with E-state index in [-0.39, 0.29) is 10.6 Å². The Labute approximate surface area is 160 Å². The smallest absolute Gasteiger partial charge is 0.322 e. The number of nitrogens with zero attached hydrogens (tertiary/aromatic N) is 1. The molecule has 0 radical (unpaired) electrons. The maximum Gasteiger partial charge on any atom is 0.322 e. The van der Waals surface area contributed by atoms with Gasteiger partial charge < -0.3 is 25.8 Å². The van der Waals surface area contributed by atoms with Crippen molar-refractivity contribution >= 4 is 29.7 Å². The number of allylic oxidation sites excluding steroid dienone is 1. The molecule has 0 aliphatic rings. The molecule has 1 amide bonds. The number of carboxylic acid groups (broad SMARTS) is 1. The molecule has 1 aromatic carbocycles. The number of aromatic hydroxyl groups is 1. The molecule has 0 spiro atoms. The molecule has 0 saturated carbocycles. The molecule has 2 rings (SSSR count). The molecule has 1 heterocycles. The molecule has 0 unspecified atom stereocenters. The molecule has 0 atom stereocenters. The van der Waals surface area contributed by atoms with E-state index in [1.165, 1.54) is 13.1 Å². The van der Waals surface area contributed by atoms with Crippen molar-refractivity contribution in [3.05, 3.63) is 68.5 Å². The predicted molar refractivity (Wildman–Crippen MR) is 106 cm³/mol. The number of rotatable bonds is 5. The van der Waals surface area contributed by atoms with E-state index in [4.69, 9.17) is 10.8 Å². The molecular formula is C20H21N3O5. The quantitative estimate of drug-likeness (QED) is 0.545. The first-order valence-electron chi connectivity index (χ1n) is 8.29. The van der Waals surface area contributed by atoms with Gasteiger partial charge in [-0.25, -0.2) is 0 Å². The number of carboxylic acids is 1. The maximum atomic E-state index is 12.5. The number of nitrogens with two attached hydrogens (primary N) is 1. The number of hydrogen-bond acceptors (Lipinski definition) is 5. The fourth-order valence-electron chi connectivity index (χ4n) is 2.79. The van der Waals surface area contributed by atoms with Crippen LogP contribution in [0.3, 0.4) is 0 Å². The molecule has 0 fully saturated rings. The van der Waals surface area contributed by atoms with Crippen molar-refractivity contribution in [2.24, 2.45) is 12.8 Å². The lowest BCUT2D eigenvalue weighted by atomic mass is 10.0. The summed E-state index contributed by atoms with van der Waals surface area (Å²) in [5, 5.41) is 21.7. The molecule has 28 heavy (non-hydrogen) atoms. The second kappa shape index (κ2) is 8.26. The largest absolute Gasteiger partial charge is 0.506 e. The zero-order chi connectivity index (χ0) is 21.0. The summed E-state index contributed by atoms with van der Waals surface area (Å²) in [4.78, 5) is 35.5. The Balaban J connectivity index is 2.76. The summed E-state index contributed by atoms with van der Waals surface area (Å²) in [6.07, 6.45) is 2.65. The van der Waals surface area contributed by atoms with Gasteiger partial charge in [0.15, 0.2) is 0 Å². The van der Waals surface area contributed by atoms with Crippen LogP contribution in [0.15, 0.2) is 35.6 Å². The number of aryl methyl sites for hydroxylation is 1. The molecule has 2 aromatic rings. The molecule has 0 bridgehead atoms. The van der Waals surface area contributed by atoms with E-state index >= 15 is 0 Å². The fraction of sp³-hybridized carbons (Fsp3) is 0.150. The molecule has 5 N–H and O–H groups in total. The number of amides is 1. The number of benzene rings is 1. The Kier molecular flexibility index (Phi) is 6.04. The molecule has 1 aromatic heterocycles. The van der Waals surface area contributed by atoms with Crippen molar-refractivity contribution < 1.29 is 19.8 Å². The second-order valence-corrected chi connectivity index (χ2v) is 6.11. The lowest BCUT2D eigenvalue weighted by molar-refractivity contribution is -0.135. The molecular weight excluding hydrogens is 362 g/mol. The van der Waals surface area contributed by atoms with Gasteiger partial charge in [-0.05, 0) is 29.7 Å². The van der Waals surface area contributed by atoms with E-state index in [1.54, 1.807) is 0 Å². The summed E-state index contributed by atoms with van der Waals surface area (Å²) in [7, 11) is 1.39.